The Morgan fingerprint density at radius 3 is 2.74 bits per heavy atom. The summed E-state index contributed by atoms with van der Waals surface area (Å²) in [6, 6.07) is 12.3. The molecule has 0 radical (unpaired) electrons. The van der Waals surface area contributed by atoms with Crippen LogP contribution in [-0.2, 0) is 9.53 Å². The largest absolute Gasteiger partial charge is 0.479 e. The first-order valence-electron chi connectivity index (χ1n) is 8.39. The number of esters is 1. The summed E-state index contributed by atoms with van der Waals surface area (Å²) < 4.78 is 12.2. The first-order chi connectivity index (χ1) is 12.9. The number of fused-ring (bicyclic) bond motifs is 1. The van der Waals surface area contributed by atoms with Crippen LogP contribution in [0.15, 0.2) is 47.4 Å². The number of amides is 2. The van der Waals surface area contributed by atoms with E-state index in [-0.39, 0.29) is 6.03 Å². The van der Waals surface area contributed by atoms with Gasteiger partial charge in [-0.2, -0.15) is 0 Å². The van der Waals surface area contributed by atoms with Gasteiger partial charge in [-0.15, -0.1) is 0 Å². The molecule has 0 aromatic heterocycles. The van der Waals surface area contributed by atoms with Crippen LogP contribution in [0.3, 0.4) is 0 Å². The van der Waals surface area contributed by atoms with Crippen molar-refractivity contribution in [3.05, 3.63) is 47.5 Å². The van der Waals surface area contributed by atoms with Crippen LogP contribution in [0, 0.1) is 0 Å². The maximum Gasteiger partial charge on any atom is 0.347 e. The Balaban J connectivity index is 1.84. The molecule has 0 N–H and O–H groups in total. The van der Waals surface area contributed by atoms with E-state index in [2.05, 4.69) is 0 Å². The van der Waals surface area contributed by atoms with Crippen molar-refractivity contribution in [3.8, 4) is 5.75 Å². The third kappa shape index (κ3) is 4.14. The third-order valence-corrected chi connectivity index (χ3v) is 5.24. The van der Waals surface area contributed by atoms with E-state index in [0.717, 1.165) is 4.90 Å². The van der Waals surface area contributed by atoms with E-state index in [1.807, 2.05) is 12.1 Å². The Hall–Kier alpha value is -2.38. The van der Waals surface area contributed by atoms with Crippen LogP contribution in [0.2, 0.25) is 5.02 Å². The number of hydrogen-bond donors (Lipinski definition) is 0. The highest BCUT2D eigenvalue weighted by Gasteiger charge is 2.31. The molecule has 0 saturated heterocycles. The summed E-state index contributed by atoms with van der Waals surface area (Å²) in [5.74, 6) is 0.0620. The molecule has 0 unspecified atom stereocenters. The van der Waals surface area contributed by atoms with Crippen LogP contribution >= 0.6 is 23.5 Å². The number of benzene rings is 2. The predicted molar refractivity (Wildman–Crippen MR) is 107 cm³/mol. The SMILES string of the molecule is CCOC(=O)[C@@H](C)Oc1ccc2c(c1)N(C)C(=O)N(c1cccc(Cl)c1)S2. The molecular weight excluding hydrogens is 388 g/mol. The highest BCUT2D eigenvalue weighted by Crippen LogP contribution is 2.42. The molecule has 1 atom stereocenters. The number of hydrogen-bond acceptors (Lipinski definition) is 5. The average molecular weight is 407 g/mol. The topological polar surface area (TPSA) is 59.1 Å². The lowest BCUT2D eigenvalue weighted by Crippen LogP contribution is -2.40. The molecule has 0 bridgehead atoms. The Morgan fingerprint density at radius 1 is 1.26 bits per heavy atom. The van der Waals surface area contributed by atoms with E-state index in [1.165, 1.54) is 16.8 Å². The fourth-order valence-corrected chi connectivity index (χ4v) is 3.78. The van der Waals surface area contributed by atoms with Crippen molar-refractivity contribution in [2.45, 2.75) is 24.8 Å². The zero-order chi connectivity index (χ0) is 19.6. The van der Waals surface area contributed by atoms with Crippen molar-refractivity contribution < 1.29 is 19.1 Å². The molecule has 0 fully saturated rings. The van der Waals surface area contributed by atoms with Crippen LogP contribution in [0.1, 0.15) is 13.8 Å². The maximum absolute atomic E-state index is 12.8. The van der Waals surface area contributed by atoms with Gasteiger partial charge in [0.2, 0.25) is 0 Å². The van der Waals surface area contributed by atoms with Crippen LogP contribution in [-0.4, -0.2) is 31.8 Å². The van der Waals surface area contributed by atoms with E-state index in [4.69, 9.17) is 21.1 Å². The van der Waals surface area contributed by atoms with Gasteiger partial charge in [-0.3, -0.25) is 4.90 Å². The van der Waals surface area contributed by atoms with Crippen molar-refractivity contribution in [2.24, 2.45) is 0 Å². The van der Waals surface area contributed by atoms with Gasteiger partial charge in [0.1, 0.15) is 5.75 Å². The fourth-order valence-electron chi connectivity index (χ4n) is 2.56. The van der Waals surface area contributed by atoms with Crippen molar-refractivity contribution >= 4 is 46.9 Å². The van der Waals surface area contributed by atoms with Gasteiger partial charge in [0.15, 0.2) is 6.10 Å². The first kappa shape index (κ1) is 19.4. The summed E-state index contributed by atoms with van der Waals surface area (Å²) in [6.45, 7) is 3.67. The minimum absolute atomic E-state index is 0.203. The highest BCUT2D eigenvalue weighted by atomic mass is 35.5. The molecule has 1 aliphatic rings. The number of rotatable bonds is 5. The molecule has 3 rings (SSSR count). The average Bonchev–Trinajstić information content (AvgIpc) is 2.65. The van der Waals surface area contributed by atoms with Gasteiger partial charge >= 0.3 is 12.0 Å². The molecular formula is C19H19ClN2O4S. The number of carbonyl (C=O) groups is 2. The van der Waals surface area contributed by atoms with E-state index < -0.39 is 12.1 Å². The van der Waals surface area contributed by atoms with E-state index in [0.29, 0.717) is 28.8 Å². The van der Waals surface area contributed by atoms with Crippen molar-refractivity contribution in [1.29, 1.82) is 0 Å². The Morgan fingerprint density at radius 2 is 2.04 bits per heavy atom. The lowest BCUT2D eigenvalue weighted by Gasteiger charge is -2.34. The maximum atomic E-state index is 12.8. The predicted octanol–water partition coefficient (Wildman–Crippen LogP) is 4.75. The molecule has 2 aromatic carbocycles. The van der Waals surface area contributed by atoms with Gasteiger partial charge in [0.05, 0.1) is 22.9 Å². The molecule has 8 heteroatoms. The first-order valence-corrected chi connectivity index (χ1v) is 9.54. The number of anilines is 2. The van der Waals surface area contributed by atoms with Crippen LogP contribution < -0.4 is 13.9 Å². The standard InChI is InChI=1S/C19H19ClN2O4S/c1-4-25-18(23)12(2)26-15-8-9-17-16(11-15)21(3)19(24)22(27-17)14-7-5-6-13(20)10-14/h5-12H,4H2,1-3H3/t12-/m1/s1. The molecule has 0 aliphatic carbocycles. The van der Waals surface area contributed by atoms with Gasteiger partial charge in [-0.1, -0.05) is 17.7 Å². The molecule has 0 saturated carbocycles. The second-order valence-corrected chi connectivity index (χ2v) is 7.27. The van der Waals surface area contributed by atoms with E-state index in [1.54, 1.807) is 55.5 Å². The van der Waals surface area contributed by atoms with Gasteiger partial charge < -0.3 is 9.47 Å². The van der Waals surface area contributed by atoms with Crippen molar-refractivity contribution in [1.82, 2.24) is 0 Å². The minimum Gasteiger partial charge on any atom is -0.479 e. The third-order valence-electron chi connectivity index (χ3n) is 3.92. The second-order valence-electron chi connectivity index (χ2n) is 5.85. The zero-order valence-corrected chi connectivity index (χ0v) is 16.7. The smallest absolute Gasteiger partial charge is 0.347 e. The van der Waals surface area contributed by atoms with Gasteiger partial charge in [0.25, 0.3) is 0 Å². The van der Waals surface area contributed by atoms with Gasteiger partial charge in [0, 0.05) is 18.1 Å². The summed E-state index contributed by atoms with van der Waals surface area (Å²) in [5.41, 5.74) is 1.41. The van der Waals surface area contributed by atoms with Crippen LogP contribution in [0.25, 0.3) is 0 Å². The summed E-state index contributed by atoms with van der Waals surface area (Å²) in [7, 11) is 1.69. The molecule has 2 aromatic rings. The van der Waals surface area contributed by atoms with E-state index >= 15 is 0 Å². The minimum atomic E-state index is -0.733. The summed E-state index contributed by atoms with van der Waals surface area (Å²) in [6.07, 6.45) is -0.733. The molecule has 142 valence electrons. The summed E-state index contributed by atoms with van der Waals surface area (Å²) in [4.78, 5) is 27.0. The Bertz CT molecular complexity index is 877. The number of ether oxygens (including phenoxy) is 2. The second kappa shape index (κ2) is 8.10. The lowest BCUT2D eigenvalue weighted by molar-refractivity contribution is -0.150. The Labute approximate surface area is 167 Å². The number of urea groups is 1. The van der Waals surface area contributed by atoms with E-state index in [9.17, 15) is 9.59 Å². The molecule has 1 heterocycles. The quantitative estimate of drug-likeness (QED) is 0.529. The molecule has 0 spiro atoms. The van der Waals surface area contributed by atoms with Crippen molar-refractivity contribution in [3.63, 3.8) is 0 Å². The molecule has 2 amide bonds. The number of nitrogens with zero attached hydrogens (tertiary/aromatic N) is 2. The lowest BCUT2D eigenvalue weighted by atomic mass is 10.2. The van der Waals surface area contributed by atoms with Gasteiger partial charge in [-0.25, -0.2) is 13.9 Å². The zero-order valence-electron chi connectivity index (χ0n) is 15.1. The monoisotopic (exact) mass is 406 g/mol. The molecule has 6 nitrogen and oxygen atoms in total. The molecule has 27 heavy (non-hydrogen) atoms. The Kier molecular flexibility index (Phi) is 5.82. The van der Waals surface area contributed by atoms with Crippen LogP contribution in [0.4, 0.5) is 16.2 Å². The van der Waals surface area contributed by atoms with Crippen molar-refractivity contribution in [2.75, 3.05) is 22.9 Å². The fraction of sp³-hybridized carbons (Fsp3) is 0.263. The highest BCUT2D eigenvalue weighted by molar-refractivity contribution is 8.01. The summed E-state index contributed by atoms with van der Waals surface area (Å²) in [5, 5.41) is 0.561. The normalized spacial score (nSPS) is 14.6. The molecule has 1 aliphatic heterocycles. The van der Waals surface area contributed by atoms with Gasteiger partial charge in [-0.05, 0) is 56.1 Å². The van der Waals surface area contributed by atoms with Crippen LogP contribution in [0.5, 0.6) is 5.75 Å². The number of halogens is 1. The summed E-state index contributed by atoms with van der Waals surface area (Å²) >= 11 is 7.36. The number of carbonyl (C=O) groups excluding carboxylic acids is 2.